The third-order valence-electron chi connectivity index (χ3n) is 6.66. The summed E-state index contributed by atoms with van der Waals surface area (Å²) >= 11 is 0. The normalized spacial score (nSPS) is 15.4. The van der Waals surface area contributed by atoms with Gasteiger partial charge in [-0.25, -0.2) is 13.9 Å². The fraction of sp³-hybridized carbons (Fsp3) is 0.481. The number of aromatic nitrogens is 4. The molecule has 3 heterocycles. The highest BCUT2D eigenvalue weighted by Crippen LogP contribution is 2.34. The average molecular weight is 580 g/mol. The quantitative estimate of drug-likeness (QED) is 0.409. The van der Waals surface area contributed by atoms with Crippen LogP contribution in [-0.2, 0) is 17.5 Å². The van der Waals surface area contributed by atoms with E-state index in [-0.39, 0.29) is 41.3 Å². The highest BCUT2D eigenvalue weighted by molar-refractivity contribution is 6.03. The number of amides is 2. The van der Waals surface area contributed by atoms with E-state index in [1.165, 1.54) is 17.1 Å². The van der Waals surface area contributed by atoms with Gasteiger partial charge in [-0.3, -0.25) is 9.48 Å². The van der Waals surface area contributed by atoms with Crippen LogP contribution in [0.3, 0.4) is 0 Å². The maximum absolute atomic E-state index is 13.8. The number of hydrogen-bond donors (Lipinski definition) is 2. The lowest BCUT2D eigenvalue weighted by Crippen LogP contribution is -2.39. The molecule has 222 valence electrons. The summed E-state index contributed by atoms with van der Waals surface area (Å²) in [6, 6.07) is 2.11. The van der Waals surface area contributed by atoms with Crippen LogP contribution >= 0.6 is 0 Å². The number of nitrogen functional groups attached to an aromatic ring is 1. The second kappa shape index (κ2) is 11.4. The fourth-order valence-corrected chi connectivity index (χ4v) is 4.88. The highest BCUT2D eigenvalue weighted by Gasteiger charge is 2.32. The molecular weight excluding hydrogens is 546 g/mol. The molecule has 0 saturated carbocycles. The second-order valence-electron chi connectivity index (χ2n) is 11.1. The molecule has 10 nitrogen and oxygen atoms in total. The van der Waals surface area contributed by atoms with Crippen LogP contribution in [0.4, 0.5) is 28.2 Å². The van der Waals surface area contributed by atoms with Crippen LogP contribution in [0.15, 0.2) is 30.6 Å². The molecule has 4 N–H and O–H groups in total. The minimum atomic E-state index is -4.70. The molecule has 0 unspecified atom stereocenters. The van der Waals surface area contributed by atoms with E-state index in [0.717, 1.165) is 12.1 Å². The molecule has 2 aromatic heterocycles. The summed E-state index contributed by atoms with van der Waals surface area (Å²) < 4.78 is 61.5. The number of carbonyl (C=O) groups excluding carboxylic acids is 2. The molecule has 1 fully saturated rings. The maximum atomic E-state index is 13.8. The minimum Gasteiger partial charge on any atom is -0.444 e. The zero-order chi connectivity index (χ0) is 30.1. The molecule has 14 heteroatoms. The van der Waals surface area contributed by atoms with Crippen LogP contribution in [0.5, 0.6) is 0 Å². The minimum absolute atomic E-state index is 0.00658. The van der Waals surface area contributed by atoms with Crippen LogP contribution < -0.4 is 11.5 Å². The molecule has 3 aromatic rings. The van der Waals surface area contributed by atoms with Crippen LogP contribution in [-0.4, -0.2) is 55.2 Å². The van der Waals surface area contributed by atoms with Crippen molar-refractivity contribution in [3.63, 3.8) is 0 Å². The van der Waals surface area contributed by atoms with Gasteiger partial charge in [0.05, 0.1) is 24.3 Å². The molecule has 0 bridgehead atoms. The van der Waals surface area contributed by atoms with Gasteiger partial charge in [-0.2, -0.15) is 23.4 Å². The monoisotopic (exact) mass is 579 g/mol. The van der Waals surface area contributed by atoms with Gasteiger partial charge in [0, 0.05) is 24.8 Å². The maximum Gasteiger partial charge on any atom is 0.416 e. The van der Waals surface area contributed by atoms with Gasteiger partial charge < -0.3 is 21.1 Å². The van der Waals surface area contributed by atoms with Gasteiger partial charge in [0.15, 0.2) is 0 Å². The summed E-state index contributed by atoms with van der Waals surface area (Å²) in [4.78, 5) is 26.6. The molecule has 0 spiro atoms. The Labute approximate surface area is 234 Å². The number of nitrogens with two attached hydrogens (primary N) is 2. The standard InChI is InChI=1S/C27H33F4N7O3/c1-26(2,3)41-25(40)36-8-4-6-20(7-5-9-36)38-23(32)21(24(33)39)22(35-38)17-13-34-37(15-17)14-16-10-18(27(29,30)31)12-19(28)11-16/h10-13,15,20H,4-9,14,32H2,1-3H3,(H2,33,39). The van der Waals surface area contributed by atoms with Crippen molar-refractivity contribution < 1.29 is 31.9 Å². The van der Waals surface area contributed by atoms with E-state index in [0.29, 0.717) is 50.4 Å². The van der Waals surface area contributed by atoms with Crippen molar-refractivity contribution in [2.24, 2.45) is 5.73 Å². The number of carbonyl (C=O) groups is 2. The lowest BCUT2D eigenvalue weighted by Gasteiger charge is -2.30. The Hall–Kier alpha value is -4.10. The molecule has 0 radical (unpaired) electrons. The van der Waals surface area contributed by atoms with Gasteiger partial charge in [0.1, 0.15) is 28.5 Å². The lowest BCUT2D eigenvalue weighted by molar-refractivity contribution is -0.137. The Morgan fingerprint density at radius 3 is 2.34 bits per heavy atom. The van der Waals surface area contributed by atoms with Crippen molar-refractivity contribution >= 4 is 17.8 Å². The van der Waals surface area contributed by atoms with Crippen LogP contribution in [0, 0.1) is 5.82 Å². The number of halogens is 4. The van der Waals surface area contributed by atoms with E-state index < -0.39 is 29.1 Å². The van der Waals surface area contributed by atoms with Gasteiger partial charge in [-0.15, -0.1) is 0 Å². The van der Waals surface area contributed by atoms with E-state index in [1.807, 2.05) is 20.8 Å². The zero-order valence-corrected chi connectivity index (χ0v) is 23.0. The van der Waals surface area contributed by atoms with E-state index >= 15 is 0 Å². The highest BCUT2D eigenvalue weighted by atomic mass is 19.4. The molecule has 41 heavy (non-hydrogen) atoms. The number of ether oxygens (including phenoxy) is 1. The average Bonchev–Trinajstić information content (AvgIpc) is 3.41. The van der Waals surface area contributed by atoms with Gasteiger partial charge in [0.2, 0.25) is 0 Å². The van der Waals surface area contributed by atoms with Crippen LogP contribution in [0.1, 0.15) is 74.0 Å². The predicted octanol–water partition coefficient (Wildman–Crippen LogP) is 4.99. The number of anilines is 1. The summed E-state index contributed by atoms with van der Waals surface area (Å²) in [5.41, 5.74) is 10.9. The Morgan fingerprint density at radius 2 is 1.76 bits per heavy atom. The van der Waals surface area contributed by atoms with Crippen molar-refractivity contribution in [3.05, 3.63) is 53.1 Å². The third-order valence-corrected chi connectivity index (χ3v) is 6.66. The summed E-state index contributed by atoms with van der Waals surface area (Å²) in [6.07, 6.45) is 0.362. The molecule has 1 aliphatic rings. The van der Waals surface area contributed by atoms with Crippen molar-refractivity contribution in [3.8, 4) is 11.3 Å². The first-order chi connectivity index (χ1) is 19.1. The number of likely N-dealkylation sites (tertiary alicyclic amines) is 1. The predicted molar refractivity (Wildman–Crippen MR) is 142 cm³/mol. The van der Waals surface area contributed by atoms with E-state index in [9.17, 15) is 27.2 Å². The topological polar surface area (TPSA) is 134 Å². The van der Waals surface area contributed by atoms with Crippen molar-refractivity contribution in [2.75, 3.05) is 18.8 Å². The fourth-order valence-electron chi connectivity index (χ4n) is 4.88. The van der Waals surface area contributed by atoms with Crippen LogP contribution in [0.25, 0.3) is 11.3 Å². The Kier molecular flexibility index (Phi) is 8.31. The number of nitrogens with zero attached hydrogens (tertiary/aromatic N) is 5. The van der Waals surface area contributed by atoms with Crippen molar-refractivity contribution in [1.82, 2.24) is 24.5 Å². The first-order valence-corrected chi connectivity index (χ1v) is 13.2. The van der Waals surface area contributed by atoms with Crippen LogP contribution in [0.2, 0.25) is 0 Å². The summed E-state index contributed by atoms with van der Waals surface area (Å²) in [5.74, 6) is -1.72. The Morgan fingerprint density at radius 1 is 1.10 bits per heavy atom. The Balaban J connectivity index is 1.54. The van der Waals surface area contributed by atoms with Crippen molar-refractivity contribution in [1.29, 1.82) is 0 Å². The molecule has 0 aliphatic carbocycles. The molecule has 1 aliphatic heterocycles. The molecule has 0 atom stereocenters. The SMILES string of the molecule is CC(C)(C)OC(=O)N1CCCC(n2nc(-c3cnn(Cc4cc(F)cc(C(F)(F)F)c4)c3)c(C(N)=O)c2N)CCC1. The largest absolute Gasteiger partial charge is 0.444 e. The van der Waals surface area contributed by atoms with Gasteiger partial charge in [-0.05, 0) is 70.2 Å². The third kappa shape index (κ3) is 7.16. The van der Waals surface area contributed by atoms with Gasteiger partial charge in [-0.1, -0.05) is 0 Å². The lowest BCUT2D eigenvalue weighted by atomic mass is 10.0. The van der Waals surface area contributed by atoms with E-state index in [2.05, 4.69) is 10.2 Å². The molecule has 2 amide bonds. The number of primary amides is 1. The first kappa shape index (κ1) is 29.9. The molecule has 1 saturated heterocycles. The molecule has 4 rings (SSSR count). The second-order valence-corrected chi connectivity index (χ2v) is 11.1. The number of rotatable bonds is 5. The number of benzene rings is 1. The number of hydrogen-bond acceptors (Lipinski definition) is 6. The van der Waals surface area contributed by atoms with Gasteiger partial charge >= 0.3 is 12.3 Å². The van der Waals surface area contributed by atoms with E-state index in [4.69, 9.17) is 16.2 Å². The zero-order valence-electron chi connectivity index (χ0n) is 23.0. The smallest absolute Gasteiger partial charge is 0.416 e. The summed E-state index contributed by atoms with van der Waals surface area (Å²) in [5, 5.41) is 8.76. The number of alkyl halides is 3. The summed E-state index contributed by atoms with van der Waals surface area (Å²) in [6.45, 7) is 6.27. The first-order valence-electron chi connectivity index (χ1n) is 13.2. The van der Waals surface area contributed by atoms with Gasteiger partial charge in [0.25, 0.3) is 5.91 Å². The molecular formula is C27H33F4N7O3. The van der Waals surface area contributed by atoms with Crippen molar-refractivity contribution in [2.45, 2.75) is 70.8 Å². The summed E-state index contributed by atoms with van der Waals surface area (Å²) in [7, 11) is 0. The Bertz CT molecular complexity index is 1420. The molecule has 1 aromatic carbocycles. The van der Waals surface area contributed by atoms with E-state index in [1.54, 1.807) is 9.58 Å².